The highest BCUT2D eigenvalue weighted by Crippen LogP contribution is 2.35. The normalized spacial score (nSPS) is 12.8. The zero-order valence-corrected chi connectivity index (χ0v) is 10.9. The van der Waals surface area contributed by atoms with Crippen LogP contribution in [0.5, 0.6) is 11.5 Å². The average Bonchev–Trinajstić information content (AvgIpc) is 3.24. The first-order valence-electron chi connectivity index (χ1n) is 6.36. The standard InChI is InChI=1S/C14H11N3O4/c18-7-10-14(12-2-1-5-19-12)17(16-15-10)9-3-4-11-13(6-9)21-8-20-11/h1-6,18H,7-8H2. The number of aliphatic hydroxyl groups excluding tert-OH is 1. The van der Waals surface area contributed by atoms with Gasteiger partial charge in [0, 0.05) is 6.07 Å². The van der Waals surface area contributed by atoms with Gasteiger partial charge in [-0.15, -0.1) is 5.10 Å². The molecule has 0 fully saturated rings. The fourth-order valence-electron chi connectivity index (χ4n) is 2.28. The maximum atomic E-state index is 9.43. The molecule has 7 heteroatoms. The monoisotopic (exact) mass is 285 g/mol. The topological polar surface area (TPSA) is 82.5 Å². The summed E-state index contributed by atoms with van der Waals surface area (Å²) in [4.78, 5) is 0. The summed E-state index contributed by atoms with van der Waals surface area (Å²) in [5, 5.41) is 17.5. The number of aliphatic hydroxyl groups is 1. The molecule has 1 N–H and O–H groups in total. The van der Waals surface area contributed by atoms with Crippen molar-refractivity contribution in [2.75, 3.05) is 6.79 Å². The molecule has 0 radical (unpaired) electrons. The first kappa shape index (κ1) is 12.0. The fourth-order valence-corrected chi connectivity index (χ4v) is 2.28. The van der Waals surface area contributed by atoms with Crippen molar-refractivity contribution in [3.8, 4) is 28.6 Å². The molecule has 0 atom stereocenters. The predicted molar refractivity (Wildman–Crippen MR) is 71.1 cm³/mol. The van der Waals surface area contributed by atoms with E-state index in [9.17, 15) is 5.11 Å². The van der Waals surface area contributed by atoms with Gasteiger partial charge in [-0.2, -0.15) is 0 Å². The Labute approximate surface area is 119 Å². The van der Waals surface area contributed by atoms with Gasteiger partial charge in [0.2, 0.25) is 6.79 Å². The Balaban J connectivity index is 1.87. The van der Waals surface area contributed by atoms with E-state index in [1.807, 2.05) is 18.2 Å². The van der Waals surface area contributed by atoms with Gasteiger partial charge in [-0.3, -0.25) is 0 Å². The van der Waals surface area contributed by atoms with Gasteiger partial charge in [-0.25, -0.2) is 4.68 Å². The summed E-state index contributed by atoms with van der Waals surface area (Å²) in [6.07, 6.45) is 1.56. The molecule has 106 valence electrons. The predicted octanol–water partition coefficient (Wildman–Crippen LogP) is 1.75. The second kappa shape index (κ2) is 4.64. The van der Waals surface area contributed by atoms with E-state index in [4.69, 9.17) is 13.9 Å². The first-order chi connectivity index (χ1) is 10.4. The van der Waals surface area contributed by atoms with E-state index in [0.29, 0.717) is 28.6 Å². The van der Waals surface area contributed by atoms with E-state index in [2.05, 4.69) is 10.3 Å². The summed E-state index contributed by atoms with van der Waals surface area (Å²) >= 11 is 0. The summed E-state index contributed by atoms with van der Waals surface area (Å²) in [6.45, 7) is -0.0103. The minimum absolute atomic E-state index is 0.211. The zero-order chi connectivity index (χ0) is 14.2. The highest BCUT2D eigenvalue weighted by atomic mass is 16.7. The van der Waals surface area contributed by atoms with Crippen LogP contribution in [0.3, 0.4) is 0 Å². The van der Waals surface area contributed by atoms with Crippen molar-refractivity contribution in [1.29, 1.82) is 0 Å². The Kier molecular flexibility index (Phi) is 2.65. The van der Waals surface area contributed by atoms with Crippen molar-refractivity contribution < 1.29 is 19.0 Å². The third kappa shape index (κ3) is 1.86. The van der Waals surface area contributed by atoms with Crippen molar-refractivity contribution in [1.82, 2.24) is 15.0 Å². The smallest absolute Gasteiger partial charge is 0.231 e. The Morgan fingerprint density at radius 2 is 2.10 bits per heavy atom. The van der Waals surface area contributed by atoms with Gasteiger partial charge in [-0.05, 0) is 24.3 Å². The molecule has 2 aromatic heterocycles. The lowest BCUT2D eigenvalue weighted by Crippen LogP contribution is -1.99. The van der Waals surface area contributed by atoms with Gasteiger partial charge < -0.3 is 19.0 Å². The Bertz CT molecular complexity index is 780. The van der Waals surface area contributed by atoms with E-state index >= 15 is 0 Å². The number of fused-ring (bicyclic) bond motifs is 1. The van der Waals surface area contributed by atoms with Crippen molar-refractivity contribution in [3.05, 3.63) is 42.3 Å². The molecule has 0 unspecified atom stereocenters. The van der Waals surface area contributed by atoms with Crippen LogP contribution in [0.15, 0.2) is 41.0 Å². The molecule has 0 bridgehead atoms. The molecule has 4 rings (SSSR count). The second-order valence-corrected chi connectivity index (χ2v) is 4.47. The number of nitrogens with zero attached hydrogens (tertiary/aromatic N) is 3. The molecular weight excluding hydrogens is 274 g/mol. The molecule has 0 aliphatic carbocycles. The molecule has 0 saturated heterocycles. The number of benzene rings is 1. The lowest BCUT2D eigenvalue weighted by atomic mass is 10.2. The maximum Gasteiger partial charge on any atom is 0.231 e. The minimum Gasteiger partial charge on any atom is -0.463 e. The van der Waals surface area contributed by atoms with Crippen molar-refractivity contribution in [2.24, 2.45) is 0 Å². The van der Waals surface area contributed by atoms with E-state index in [1.54, 1.807) is 23.1 Å². The van der Waals surface area contributed by atoms with Gasteiger partial charge >= 0.3 is 0 Å². The Morgan fingerprint density at radius 3 is 2.90 bits per heavy atom. The SMILES string of the molecule is OCc1nnn(-c2ccc3c(c2)OCO3)c1-c1ccco1. The van der Waals surface area contributed by atoms with Gasteiger partial charge in [-0.1, -0.05) is 5.21 Å². The quantitative estimate of drug-likeness (QED) is 0.789. The zero-order valence-electron chi connectivity index (χ0n) is 10.9. The number of ether oxygens (including phenoxy) is 2. The number of rotatable bonds is 3. The molecule has 3 heterocycles. The second-order valence-electron chi connectivity index (χ2n) is 4.47. The van der Waals surface area contributed by atoms with Crippen LogP contribution in [-0.2, 0) is 6.61 Å². The minimum atomic E-state index is -0.222. The summed E-state index contributed by atoms with van der Waals surface area (Å²) in [7, 11) is 0. The highest BCUT2D eigenvalue weighted by Gasteiger charge is 2.20. The molecule has 0 spiro atoms. The number of hydrogen-bond acceptors (Lipinski definition) is 6. The number of furan rings is 1. The highest BCUT2D eigenvalue weighted by molar-refractivity contribution is 5.60. The summed E-state index contributed by atoms with van der Waals surface area (Å²) in [6, 6.07) is 9.03. The molecule has 0 saturated carbocycles. The van der Waals surface area contributed by atoms with Crippen LogP contribution >= 0.6 is 0 Å². The van der Waals surface area contributed by atoms with Crippen LogP contribution in [0.4, 0.5) is 0 Å². The first-order valence-corrected chi connectivity index (χ1v) is 6.36. The van der Waals surface area contributed by atoms with Gasteiger partial charge in [0.05, 0.1) is 18.6 Å². The average molecular weight is 285 g/mol. The van der Waals surface area contributed by atoms with E-state index in [1.165, 1.54) is 0 Å². The molecular formula is C14H11N3O4. The van der Waals surface area contributed by atoms with Crippen molar-refractivity contribution >= 4 is 0 Å². The fraction of sp³-hybridized carbons (Fsp3) is 0.143. The lowest BCUT2D eigenvalue weighted by molar-refractivity contribution is 0.174. The van der Waals surface area contributed by atoms with Crippen LogP contribution < -0.4 is 9.47 Å². The third-order valence-corrected chi connectivity index (χ3v) is 3.25. The third-order valence-electron chi connectivity index (χ3n) is 3.25. The Hall–Kier alpha value is -2.80. The van der Waals surface area contributed by atoms with Crippen LogP contribution in [0.1, 0.15) is 5.69 Å². The van der Waals surface area contributed by atoms with Crippen molar-refractivity contribution in [2.45, 2.75) is 6.61 Å². The van der Waals surface area contributed by atoms with E-state index < -0.39 is 0 Å². The lowest BCUT2D eigenvalue weighted by Gasteiger charge is -2.06. The van der Waals surface area contributed by atoms with Crippen LogP contribution in [0, 0.1) is 0 Å². The largest absolute Gasteiger partial charge is 0.463 e. The maximum absolute atomic E-state index is 9.43. The van der Waals surface area contributed by atoms with E-state index in [-0.39, 0.29) is 13.4 Å². The van der Waals surface area contributed by atoms with Crippen LogP contribution in [0.25, 0.3) is 17.1 Å². The molecule has 7 nitrogen and oxygen atoms in total. The summed E-state index contributed by atoms with van der Waals surface area (Å²) in [5.41, 5.74) is 1.81. The number of aromatic nitrogens is 3. The van der Waals surface area contributed by atoms with Crippen molar-refractivity contribution in [3.63, 3.8) is 0 Å². The molecule has 3 aromatic rings. The number of hydrogen-bond donors (Lipinski definition) is 1. The van der Waals surface area contributed by atoms with Crippen LogP contribution in [0.2, 0.25) is 0 Å². The molecule has 1 aliphatic heterocycles. The molecule has 0 amide bonds. The molecule has 21 heavy (non-hydrogen) atoms. The van der Waals surface area contributed by atoms with Gasteiger partial charge in [0.1, 0.15) is 11.4 Å². The van der Waals surface area contributed by atoms with Crippen LogP contribution in [-0.4, -0.2) is 26.9 Å². The molecule has 1 aliphatic rings. The van der Waals surface area contributed by atoms with Gasteiger partial charge in [0.25, 0.3) is 0 Å². The Morgan fingerprint density at radius 1 is 1.19 bits per heavy atom. The summed E-state index contributed by atoms with van der Waals surface area (Å²) in [5.74, 6) is 1.93. The van der Waals surface area contributed by atoms with E-state index in [0.717, 1.165) is 5.69 Å². The summed E-state index contributed by atoms with van der Waals surface area (Å²) < 4.78 is 17.7. The van der Waals surface area contributed by atoms with Gasteiger partial charge in [0.15, 0.2) is 17.3 Å². The molecule has 1 aromatic carbocycles.